The van der Waals surface area contributed by atoms with Crippen molar-refractivity contribution < 1.29 is 9.90 Å². The molecular weight excluding hydrogens is 298 g/mol. The molecule has 6 heteroatoms. The number of nitrogens with zero attached hydrogens (tertiary/aromatic N) is 3. The van der Waals surface area contributed by atoms with Crippen molar-refractivity contribution in [2.75, 3.05) is 0 Å². The monoisotopic (exact) mass is 309 g/mol. The predicted octanol–water partition coefficient (Wildman–Crippen LogP) is 2.73. The Morgan fingerprint density at radius 2 is 2.22 bits per heavy atom. The van der Waals surface area contributed by atoms with Crippen molar-refractivity contribution in [2.45, 2.75) is 20.4 Å². The van der Waals surface area contributed by atoms with Crippen LogP contribution in [0.4, 0.5) is 0 Å². The molecule has 1 aromatic heterocycles. The minimum absolute atomic E-state index is 0.0157. The third kappa shape index (κ3) is 2.15. The summed E-state index contributed by atoms with van der Waals surface area (Å²) in [7, 11) is 0. The van der Waals surface area contributed by atoms with Crippen LogP contribution in [0.2, 0.25) is 0 Å². The minimum Gasteiger partial charge on any atom is -0.476 e. The Hall–Kier alpha value is -1.69. The lowest BCUT2D eigenvalue weighted by Gasteiger charge is -2.08. The van der Waals surface area contributed by atoms with Crippen LogP contribution >= 0.6 is 15.9 Å². The fourth-order valence-corrected chi connectivity index (χ4v) is 2.16. The first-order valence-electron chi connectivity index (χ1n) is 5.48. The molecule has 0 aliphatic heterocycles. The maximum Gasteiger partial charge on any atom is 0.358 e. The summed E-state index contributed by atoms with van der Waals surface area (Å²) in [6, 6.07) is 5.73. The number of carboxylic acid groups (broad SMARTS) is 1. The molecule has 2 aromatic rings. The summed E-state index contributed by atoms with van der Waals surface area (Å²) >= 11 is 3.39. The molecule has 2 rings (SSSR count). The van der Waals surface area contributed by atoms with E-state index in [1.54, 1.807) is 4.68 Å². The number of halogens is 1. The van der Waals surface area contributed by atoms with Crippen LogP contribution in [0.3, 0.4) is 0 Å². The highest BCUT2D eigenvalue weighted by molar-refractivity contribution is 9.10. The van der Waals surface area contributed by atoms with Gasteiger partial charge in [-0.05, 0) is 31.5 Å². The summed E-state index contributed by atoms with van der Waals surface area (Å²) in [5, 5.41) is 16.8. The Labute approximate surface area is 113 Å². The normalized spacial score (nSPS) is 10.6. The molecule has 1 N–H and O–H groups in total. The molecule has 0 aliphatic rings. The van der Waals surface area contributed by atoms with Gasteiger partial charge in [-0.1, -0.05) is 27.2 Å². The maximum atomic E-state index is 11.2. The van der Waals surface area contributed by atoms with Gasteiger partial charge in [0, 0.05) is 16.6 Å². The zero-order valence-electron chi connectivity index (χ0n) is 10.0. The molecule has 94 valence electrons. The Morgan fingerprint density at radius 1 is 1.50 bits per heavy atom. The number of aryl methyl sites for hydroxylation is 2. The number of benzene rings is 1. The lowest BCUT2D eigenvalue weighted by Crippen LogP contribution is -2.04. The number of aromatic nitrogens is 3. The Balaban J connectivity index is 2.72. The van der Waals surface area contributed by atoms with Crippen LogP contribution in [0.5, 0.6) is 0 Å². The molecule has 0 fully saturated rings. The van der Waals surface area contributed by atoms with Gasteiger partial charge in [0.15, 0.2) is 5.69 Å². The van der Waals surface area contributed by atoms with Crippen LogP contribution in [0.25, 0.3) is 11.3 Å². The van der Waals surface area contributed by atoms with Crippen molar-refractivity contribution in [3.05, 3.63) is 33.9 Å². The number of hydrogen-bond donors (Lipinski definition) is 1. The zero-order valence-corrected chi connectivity index (χ0v) is 11.6. The fraction of sp³-hybridized carbons (Fsp3) is 0.250. The number of rotatable bonds is 3. The molecule has 0 saturated heterocycles. The van der Waals surface area contributed by atoms with Crippen LogP contribution in [-0.4, -0.2) is 26.1 Å². The number of carboxylic acids is 1. The van der Waals surface area contributed by atoms with Gasteiger partial charge in [-0.3, -0.25) is 0 Å². The van der Waals surface area contributed by atoms with Gasteiger partial charge >= 0.3 is 5.97 Å². The smallest absolute Gasteiger partial charge is 0.358 e. The number of carbonyl (C=O) groups is 1. The van der Waals surface area contributed by atoms with Crippen LogP contribution in [-0.2, 0) is 6.54 Å². The molecule has 0 bridgehead atoms. The topological polar surface area (TPSA) is 68.0 Å². The second kappa shape index (κ2) is 4.89. The first-order valence-corrected chi connectivity index (χ1v) is 6.27. The lowest BCUT2D eigenvalue weighted by molar-refractivity contribution is 0.0691. The summed E-state index contributed by atoms with van der Waals surface area (Å²) in [5.74, 6) is -1.07. The molecule has 0 spiro atoms. The van der Waals surface area contributed by atoms with Gasteiger partial charge in [-0.25, -0.2) is 9.48 Å². The molecule has 0 atom stereocenters. The molecule has 1 aromatic carbocycles. The van der Waals surface area contributed by atoms with E-state index in [4.69, 9.17) is 5.11 Å². The molecule has 0 aliphatic carbocycles. The molecular formula is C12H12BrN3O2. The van der Waals surface area contributed by atoms with Crippen LogP contribution < -0.4 is 0 Å². The van der Waals surface area contributed by atoms with E-state index in [0.29, 0.717) is 12.2 Å². The van der Waals surface area contributed by atoms with Crippen molar-refractivity contribution in [1.29, 1.82) is 0 Å². The molecule has 1 heterocycles. The Bertz CT molecular complexity index is 607. The average molecular weight is 310 g/mol. The quantitative estimate of drug-likeness (QED) is 0.946. The number of hydrogen-bond acceptors (Lipinski definition) is 3. The standard InChI is InChI=1S/C12H12BrN3O2/c1-3-16-11(10(12(17)18)14-15-16)9-6-8(13)5-4-7(9)2/h4-6H,3H2,1-2H3,(H,17,18). The van der Waals surface area contributed by atoms with E-state index in [9.17, 15) is 4.79 Å². The summed E-state index contributed by atoms with van der Waals surface area (Å²) in [6.45, 7) is 4.40. The largest absolute Gasteiger partial charge is 0.476 e. The highest BCUT2D eigenvalue weighted by atomic mass is 79.9. The predicted molar refractivity (Wildman–Crippen MR) is 70.5 cm³/mol. The van der Waals surface area contributed by atoms with Crippen molar-refractivity contribution in [2.24, 2.45) is 0 Å². The van der Waals surface area contributed by atoms with Gasteiger partial charge in [0.25, 0.3) is 0 Å². The van der Waals surface area contributed by atoms with E-state index in [0.717, 1.165) is 15.6 Å². The fourth-order valence-electron chi connectivity index (χ4n) is 1.79. The van der Waals surface area contributed by atoms with E-state index in [1.165, 1.54) is 0 Å². The molecule has 18 heavy (non-hydrogen) atoms. The third-order valence-corrected chi connectivity index (χ3v) is 3.19. The summed E-state index contributed by atoms with van der Waals surface area (Å²) in [6.07, 6.45) is 0. The molecule has 0 amide bonds. The van der Waals surface area contributed by atoms with E-state index in [2.05, 4.69) is 26.2 Å². The summed E-state index contributed by atoms with van der Waals surface area (Å²) in [5.41, 5.74) is 2.34. The van der Waals surface area contributed by atoms with Crippen molar-refractivity contribution in [3.63, 3.8) is 0 Å². The SMILES string of the molecule is CCn1nnc(C(=O)O)c1-c1cc(Br)ccc1C. The van der Waals surface area contributed by atoms with E-state index in [-0.39, 0.29) is 5.69 Å². The second-order valence-electron chi connectivity index (χ2n) is 3.87. The van der Waals surface area contributed by atoms with Gasteiger partial charge in [-0.2, -0.15) is 0 Å². The highest BCUT2D eigenvalue weighted by Crippen LogP contribution is 2.28. The number of aromatic carboxylic acids is 1. The summed E-state index contributed by atoms with van der Waals surface area (Å²) in [4.78, 5) is 11.2. The maximum absolute atomic E-state index is 11.2. The van der Waals surface area contributed by atoms with Gasteiger partial charge < -0.3 is 5.11 Å². The van der Waals surface area contributed by atoms with E-state index >= 15 is 0 Å². The highest BCUT2D eigenvalue weighted by Gasteiger charge is 2.21. The first-order chi connectivity index (χ1) is 8.54. The Morgan fingerprint density at radius 3 is 2.83 bits per heavy atom. The van der Waals surface area contributed by atoms with E-state index < -0.39 is 5.97 Å². The molecule has 0 radical (unpaired) electrons. The minimum atomic E-state index is -1.07. The van der Waals surface area contributed by atoms with E-state index in [1.807, 2.05) is 32.0 Å². The zero-order chi connectivity index (χ0) is 13.3. The van der Waals surface area contributed by atoms with Gasteiger partial charge in [-0.15, -0.1) is 5.10 Å². The first kappa shape index (κ1) is 12.8. The van der Waals surface area contributed by atoms with Crippen LogP contribution in [0, 0.1) is 6.92 Å². The lowest BCUT2D eigenvalue weighted by atomic mass is 10.0. The van der Waals surface area contributed by atoms with Crippen molar-refractivity contribution >= 4 is 21.9 Å². The van der Waals surface area contributed by atoms with Crippen molar-refractivity contribution in [1.82, 2.24) is 15.0 Å². The van der Waals surface area contributed by atoms with Crippen LogP contribution in [0.1, 0.15) is 23.0 Å². The van der Waals surface area contributed by atoms with Crippen molar-refractivity contribution in [3.8, 4) is 11.3 Å². The second-order valence-corrected chi connectivity index (χ2v) is 4.78. The van der Waals surface area contributed by atoms with Gasteiger partial charge in [0.05, 0.1) is 0 Å². The van der Waals surface area contributed by atoms with Gasteiger partial charge in [0.2, 0.25) is 0 Å². The third-order valence-electron chi connectivity index (χ3n) is 2.69. The average Bonchev–Trinajstić information content (AvgIpc) is 2.75. The molecule has 5 nitrogen and oxygen atoms in total. The molecule has 0 saturated carbocycles. The van der Waals surface area contributed by atoms with Crippen LogP contribution in [0.15, 0.2) is 22.7 Å². The van der Waals surface area contributed by atoms with Gasteiger partial charge in [0.1, 0.15) is 5.69 Å². The molecule has 0 unspecified atom stereocenters. The Kier molecular flexibility index (Phi) is 3.47. The summed E-state index contributed by atoms with van der Waals surface area (Å²) < 4.78 is 2.49.